The van der Waals surface area contributed by atoms with Crippen molar-refractivity contribution in [1.29, 1.82) is 0 Å². The lowest BCUT2D eigenvalue weighted by atomic mass is 9.99. The van der Waals surface area contributed by atoms with Crippen molar-refractivity contribution in [2.24, 2.45) is 0 Å². The molecule has 0 atom stereocenters. The third-order valence-corrected chi connectivity index (χ3v) is 5.81. The Balaban J connectivity index is 1.83. The van der Waals surface area contributed by atoms with E-state index in [1.807, 2.05) is 0 Å². The molecular formula is C18H19N3O6S. The minimum Gasteiger partial charge on any atom is -0.292 e. The number of rotatable bonds is 6. The van der Waals surface area contributed by atoms with Gasteiger partial charge in [-0.15, -0.1) is 6.58 Å². The highest BCUT2D eigenvalue weighted by Gasteiger charge is 2.44. The first kappa shape index (κ1) is 19.7. The van der Waals surface area contributed by atoms with Crippen molar-refractivity contribution >= 4 is 39.3 Å². The summed E-state index contributed by atoms with van der Waals surface area (Å²) < 4.78 is 25.1. The molecule has 3 rings (SSSR count). The SMILES string of the molecule is C=CCN1C(=O)C(=O)N(CC(=O)c2ccc3c(c2)CCCN3S(C)(=O)=O)C1=O. The van der Waals surface area contributed by atoms with E-state index in [0.717, 1.165) is 11.2 Å². The number of ketones is 1. The highest BCUT2D eigenvalue weighted by Crippen LogP contribution is 2.30. The standard InChI is InChI=1S/C18H19N3O6S/c1-3-8-19-16(23)17(24)20(18(19)25)11-15(22)13-6-7-14-12(10-13)5-4-9-21(14)28(2,26)27/h3,6-7,10H,1,4-5,8-9,11H2,2H3. The largest absolute Gasteiger partial charge is 0.334 e. The van der Waals surface area contributed by atoms with Gasteiger partial charge in [0.05, 0.1) is 18.5 Å². The maximum Gasteiger partial charge on any atom is 0.334 e. The summed E-state index contributed by atoms with van der Waals surface area (Å²) in [6.45, 7) is 3.12. The number of nitrogens with zero attached hydrogens (tertiary/aromatic N) is 3. The number of carbonyl (C=O) groups excluding carboxylic acids is 4. The van der Waals surface area contributed by atoms with Gasteiger partial charge >= 0.3 is 17.8 Å². The van der Waals surface area contributed by atoms with Gasteiger partial charge in [0, 0.05) is 18.7 Å². The zero-order valence-corrected chi connectivity index (χ0v) is 16.1. The van der Waals surface area contributed by atoms with Crippen molar-refractivity contribution in [2.75, 3.05) is 30.2 Å². The number of carbonyl (C=O) groups is 4. The molecule has 0 aliphatic carbocycles. The van der Waals surface area contributed by atoms with Crippen LogP contribution in [0, 0.1) is 0 Å². The Morgan fingerprint density at radius 2 is 1.86 bits per heavy atom. The number of fused-ring (bicyclic) bond motifs is 1. The first-order valence-electron chi connectivity index (χ1n) is 8.57. The third kappa shape index (κ3) is 3.42. The van der Waals surface area contributed by atoms with E-state index in [1.165, 1.54) is 16.4 Å². The van der Waals surface area contributed by atoms with Gasteiger partial charge in [0.25, 0.3) is 0 Å². The molecule has 28 heavy (non-hydrogen) atoms. The van der Waals surface area contributed by atoms with Crippen LogP contribution in [0.25, 0.3) is 0 Å². The molecule has 0 saturated carbocycles. The van der Waals surface area contributed by atoms with Crippen molar-refractivity contribution in [1.82, 2.24) is 9.80 Å². The van der Waals surface area contributed by atoms with E-state index >= 15 is 0 Å². The number of amides is 4. The second kappa shape index (κ2) is 7.19. The Kier molecular flexibility index (Phi) is 5.07. The van der Waals surface area contributed by atoms with Crippen molar-refractivity contribution in [3.8, 4) is 0 Å². The van der Waals surface area contributed by atoms with E-state index < -0.39 is 40.2 Å². The Morgan fingerprint density at radius 3 is 2.50 bits per heavy atom. The van der Waals surface area contributed by atoms with E-state index in [1.54, 1.807) is 12.1 Å². The molecule has 0 unspecified atom stereocenters. The van der Waals surface area contributed by atoms with Gasteiger partial charge in [-0.2, -0.15) is 0 Å². The molecule has 1 saturated heterocycles. The molecule has 1 aromatic rings. The van der Waals surface area contributed by atoms with Crippen LogP contribution < -0.4 is 4.31 Å². The zero-order chi connectivity index (χ0) is 20.6. The van der Waals surface area contributed by atoms with Crippen LogP contribution in [0.5, 0.6) is 0 Å². The van der Waals surface area contributed by atoms with Gasteiger partial charge in [-0.1, -0.05) is 6.08 Å². The van der Waals surface area contributed by atoms with E-state index in [-0.39, 0.29) is 12.1 Å². The summed E-state index contributed by atoms with van der Waals surface area (Å²) in [5.41, 5.74) is 1.46. The number of aryl methyl sites for hydroxylation is 1. The third-order valence-electron chi connectivity index (χ3n) is 4.63. The Hall–Kier alpha value is -3.01. The van der Waals surface area contributed by atoms with E-state index in [2.05, 4.69) is 6.58 Å². The van der Waals surface area contributed by atoms with Crippen molar-refractivity contribution in [2.45, 2.75) is 12.8 Å². The molecule has 4 amide bonds. The Labute approximate surface area is 162 Å². The highest BCUT2D eigenvalue weighted by molar-refractivity contribution is 7.92. The zero-order valence-electron chi connectivity index (χ0n) is 15.3. The molecule has 0 N–H and O–H groups in total. The lowest BCUT2D eigenvalue weighted by Gasteiger charge is -2.29. The molecule has 2 aliphatic heterocycles. The van der Waals surface area contributed by atoms with Gasteiger partial charge in [0.15, 0.2) is 5.78 Å². The summed E-state index contributed by atoms with van der Waals surface area (Å²) >= 11 is 0. The first-order valence-corrected chi connectivity index (χ1v) is 10.4. The number of urea groups is 1. The second-order valence-corrected chi connectivity index (χ2v) is 8.49. The molecule has 0 radical (unpaired) electrons. The van der Waals surface area contributed by atoms with Crippen LogP contribution in [0.4, 0.5) is 10.5 Å². The van der Waals surface area contributed by atoms with Gasteiger partial charge in [-0.25, -0.2) is 18.1 Å². The van der Waals surface area contributed by atoms with Gasteiger partial charge in [-0.05, 0) is 36.6 Å². The molecule has 9 nitrogen and oxygen atoms in total. The maximum atomic E-state index is 12.6. The number of imide groups is 2. The topological polar surface area (TPSA) is 112 Å². The Morgan fingerprint density at radius 1 is 1.18 bits per heavy atom. The van der Waals surface area contributed by atoms with Gasteiger partial charge < -0.3 is 0 Å². The van der Waals surface area contributed by atoms with E-state index in [4.69, 9.17) is 0 Å². The smallest absolute Gasteiger partial charge is 0.292 e. The fourth-order valence-corrected chi connectivity index (χ4v) is 4.29. The number of sulfonamides is 1. The first-order chi connectivity index (χ1) is 13.1. The molecule has 0 spiro atoms. The predicted octanol–water partition coefficient (Wildman–Crippen LogP) is 0.558. The molecule has 148 valence electrons. The number of benzene rings is 1. The van der Waals surface area contributed by atoms with Crippen LogP contribution in [-0.2, 0) is 26.0 Å². The van der Waals surface area contributed by atoms with Gasteiger partial charge in [0.2, 0.25) is 10.0 Å². The molecular weight excluding hydrogens is 386 g/mol. The van der Waals surface area contributed by atoms with Crippen LogP contribution >= 0.6 is 0 Å². The summed E-state index contributed by atoms with van der Waals surface area (Å²) in [5, 5.41) is 0. The average Bonchev–Trinajstić information content (AvgIpc) is 2.84. The number of Topliss-reactive ketones (excluding diaryl/α,β-unsaturated/α-hetero) is 1. The molecule has 2 aliphatic rings. The quantitative estimate of drug-likeness (QED) is 0.296. The molecule has 0 aromatic heterocycles. The van der Waals surface area contributed by atoms with Crippen LogP contribution in [0.2, 0.25) is 0 Å². The van der Waals surface area contributed by atoms with Gasteiger partial charge in [-0.3, -0.25) is 23.6 Å². The van der Waals surface area contributed by atoms with Crippen LogP contribution in [0.3, 0.4) is 0 Å². The second-order valence-electron chi connectivity index (χ2n) is 6.58. The van der Waals surface area contributed by atoms with E-state index in [0.29, 0.717) is 35.5 Å². The van der Waals surface area contributed by atoms with Crippen LogP contribution in [0.15, 0.2) is 30.9 Å². The fraction of sp³-hybridized carbons (Fsp3) is 0.333. The summed E-state index contributed by atoms with van der Waals surface area (Å²) in [5.74, 6) is -2.57. The monoisotopic (exact) mass is 405 g/mol. The van der Waals surface area contributed by atoms with Crippen molar-refractivity contribution < 1.29 is 27.6 Å². The van der Waals surface area contributed by atoms with Crippen LogP contribution in [0.1, 0.15) is 22.3 Å². The summed E-state index contributed by atoms with van der Waals surface area (Å²) in [6.07, 6.45) is 3.66. The number of hydrogen-bond donors (Lipinski definition) is 0. The molecule has 10 heteroatoms. The minimum absolute atomic E-state index is 0.117. The number of hydrogen-bond acceptors (Lipinski definition) is 6. The molecule has 0 bridgehead atoms. The van der Waals surface area contributed by atoms with Crippen molar-refractivity contribution in [3.63, 3.8) is 0 Å². The lowest BCUT2D eigenvalue weighted by Crippen LogP contribution is -2.37. The van der Waals surface area contributed by atoms with Crippen LogP contribution in [-0.4, -0.2) is 67.7 Å². The Bertz CT molecular complexity index is 1000. The lowest BCUT2D eigenvalue weighted by molar-refractivity contribution is -0.142. The maximum absolute atomic E-state index is 12.6. The summed E-state index contributed by atoms with van der Waals surface area (Å²) in [6, 6.07) is 3.72. The molecule has 1 aromatic carbocycles. The van der Waals surface area contributed by atoms with Crippen molar-refractivity contribution in [3.05, 3.63) is 42.0 Å². The van der Waals surface area contributed by atoms with E-state index in [9.17, 15) is 27.6 Å². The fourth-order valence-electron chi connectivity index (χ4n) is 3.30. The average molecular weight is 405 g/mol. The van der Waals surface area contributed by atoms with Gasteiger partial charge in [0.1, 0.15) is 0 Å². The normalized spacial score (nSPS) is 17.2. The summed E-state index contributed by atoms with van der Waals surface area (Å²) in [4.78, 5) is 50.0. The molecule has 2 heterocycles. The summed E-state index contributed by atoms with van der Waals surface area (Å²) in [7, 11) is -3.42. The number of anilines is 1. The molecule has 1 fully saturated rings. The predicted molar refractivity (Wildman–Crippen MR) is 100 cm³/mol. The minimum atomic E-state index is -3.42. The highest BCUT2D eigenvalue weighted by atomic mass is 32.2.